The Balaban J connectivity index is 2.42. The third kappa shape index (κ3) is 3.71. The molecule has 1 aliphatic carbocycles. The van der Waals surface area contributed by atoms with Crippen molar-refractivity contribution < 1.29 is 8.42 Å². The average Bonchev–Trinajstić information content (AvgIpc) is 2.09. The number of nitrogens with one attached hydrogen (secondary N) is 2. The summed E-state index contributed by atoms with van der Waals surface area (Å²) in [5, 5.41) is 2.70. The van der Waals surface area contributed by atoms with E-state index < -0.39 is 10.0 Å². The van der Waals surface area contributed by atoms with Crippen molar-refractivity contribution in [2.24, 2.45) is 5.92 Å². The van der Waals surface area contributed by atoms with E-state index in [1.54, 1.807) is 6.92 Å². The maximum Gasteiger partial charge on any atom is 0.215 e. The zero-order valence-corrected chi connectivity index (χ0v) is 11.3. The van der Waals surface area contributed by atoms with Gasteiger partial charge in [-0.25, -0.2) is 13.1 Å². The van der Waals surface area contributed by atoms with Crippen molar-refractivity contribution in [3.8, 4) is 0 Å². The molecule has 2 unspecified atom stereocenters. The fourth-order valence-corrected chi connectivity index (χ4v) is 3.15. The highest BCUT2D eigenvalue weighted by Crippen LogP contribution is 2.29. The van der Waals surface area contributed by atoms with E-state index in [1.165, 1.54) is 6.42 Å². The van der Waals surface area contributed by atoms with E-state index in [9.17, 15) is 8.42 Å². The van der Waals surface area contributed by atoms with E-state index in [-0.39, 0.29) is 11.3 Å². The zero-order chi connectivity index (χ0) is 12.2. The molecule has 0 aromatic carbocycles. The molecule has 1 aliphatic rings. The Morgan fingerprint density at radius 2 is 1.94 bits per heavy atom. The summed E-state index contributed by atoms with van der Waals surface area (Å²) in [6.45, 7) is 7.02. The van der Waals surface area contributed by atoms with Gasteiger partial charge in [-0.3, -0.25) is 0 Å². The smallest absolute Gasteiger partial charge is 0.215 e. The first-order valence-electron chi connectivity index (χ1n) is 6.19. The molecule has 0 saturated heterocycles. The predicted molar refractivity (Wildman–Crippen MR) is 66.9 cm³/mol. The molecule has 0 amide bonds. The first-order chi connectivity index (χ1) is 7.47. The van der Waals surface area contributed by atoms with Crippen molar-refractivity contribution in [1.82, 2.24) is 10.0 Å². The lowest BCUT2D eigenvalue weighted by Crippen LogP contribution is -2.46. The number of sulfonamides is 1. The largest absolute Gasteiger partial charge is 0.316 e. The van der Waals surface area contributed by atoms with Crippen LogP contribution < -0.4 is 10.0 Å². The molecular weight excluding hydrogens is 224 g/mol. The molecule has 0 bridgehead atoms. The van der Waals surface area contributed by atoms with E-state index in [0.29, 0.717) is 12.5 Å². The summed E-state index contributed by atoms with van der Waals surface area (Å²) in [4.78, 5) is 0. The SMILES string of the molecule is CCNCC(C)S(=O)(=O)NC(C)C1CCC1. The summed E-state index contributed by atoms with van der Waals surface area (Å²) >= 11 is 0. The molecular formula is C11H24N2O2S. The van der Waals surface area contributed by atoms with Gasteiger partial charge in [0.25, 0.3) is 0 Å². The summed E-state index contributed by atoms with van der Waals surface area (Å²) in [5.41, 5.74) is 0. The van der Waals surface area contributed by atoms with Crippen LogP contribution in [0.25, 0.3) is 0 Å². The van der Waals surface area contributed by atoms with Gasteiger partial charge in [0.05, 0.1) is 5.25 Å². The lowest BCUT2D eigenvalue weighted by atomic mass is 9.81. The second-order valence-corrected chi connectivity index (χ2v) is 6.89. The van der Waals surface area contributed by atoms with Crippen LogP contribution in [0.4, 0.5) is 0 Å². The fraction of sp³-hybridized carbons (Fsp3) is 1.00. The highest BCUT2D eigenvalue weighted by molar-refractivity contribution is 7.90. The highest BCUT2D eigenvalue weighted by Gasteiger charge is 2.29. The van der Waals surface area contributed by atoms with Crippen LogP contribution in [0.3, 0.4) is 0 Å². The lowest BCUT2D eigenvalue weighted by Gasteiger charge is -2.32. The maximum atomic E-state index is 11.9. The van der Waals surface area contributed by atoms with E-state index in [0.717, 1.165) is 19.4 Å². The molecule has 0 aromatic heterocycles. The van der Waals surface area contributed by atoms with Gasteiger partial charge in [-0.1, -0.05) is 13.3 Å². The third-order valence-corrected chi connectivity index (χ3v) is 5.35. The van der Waals surface area contributed by atoms with Gasteiger partial charge in [0.2, 0.25) is 10.0 Å². The second kappa shape index (κ2) is 5.98. The monoisotopic (exact) mass is 248 g/mol. The van der Waals surface area contributed by atoms with E-state index in [2.05, 4.69) is 10.0 Å². The van der Waals surface area contributed by atoms with Crippen LogP contribution in [0.2, 0.25) is 0 Å². The third-order valence-electron chi connectivity index (χ3n) is 3.42. The Kier molecular flexibility index (Phi) is 5.21. The minimum Gasteiger partial charge on any atom is -0.316 e. The molecule has 96 valence electrons. The molecule has 0 heterocycles. The highest BCUT2D eigenvalue weighted by atomic mass is 32.2. The minimum atomic E-state index is -3.17. The van der Waals surface area contributed by atoms with Gasteiger partial charge < -0.3 is 5.32 Å². The average molecular weight is 248 g/mol. The quantitative estimate of drug-likeness (QED) is 0.709. The van der Waals surface area contributed by atoms with Crippen molar-refractivity contribution in [3.05, 3.63) is 0 Å². The Bertz CT molecular complexity index is 299. The van der Waals surface area contributed by atoms with Crippen LogP contribution in [0.1, 0.15) is 40.0 Å². The van der Waals surface area contributed by atoms with Gasteiger partial charge >= 0.3 is 0 Å². The molecule has 2 N–H and O–H groups in total. The number of hydrogen-bond acceptors (Lipinski definition) is 3. The molecule has 4 nitrogen and oxygen atoms in total. The Labute approximate surface area is 99.2 Å². The van der Waals surface area contributed by atoms with Gasteiger partial charge in [0.15, 0.2) is 0 Å². The fourth-order valence-electron chi connectivity index (χ4n) is 1.87. The molecule has 1 fully saturated rings. The molecule has 0 radical (unpaired) electrons. The topological polar surface area (TPSA) is 58.2 Å². The summed E-state index contributed by atoms with van der Waals surface area (Å²) < 4.78 is 26.7. The van der Waals surface area contributed by atoms with Gasteiger partial charge in [-0.15, -0.1) is 0 Å². The lowest BCUT2D eigenvalue weighted by molar-refractivity contribution is 0.260. The molecule has 1 rings (SSSR count). The van der Waals surface area contributed by atoms with Gasteiger partial charge in [-0.05, 0) is 39.2 Å². The van der Waals surface area contributed by atoms with Crippen molar-refractivity contribution in [2.75, 3.05) is 13.1 Å². The van der Waals surface area contributed by atoms with Gasteiger partial charge in [-0.2, -0.15) is 0 Å². The van der Waals surface area contributed by atoms with E-state index in [1.807, 2.05) is 13.8 Å². The van der Waals surface area contributed by atoms with Crippen LogP contribution in [0.5, 0.6) is 0 Å². The first-order valence-corrected chi connectivity index (χ1v) is 7.74. The molecule has 0 aromatic rings. The number of rotatable bonds is 7. The molecule has 2 atom stereocenters. The summed E-state index contributed by atoms with van der Waals surface area (Å²) in [5.74, 6) is 0.543. The second-order valence-electron chi connectivity index (χ2n) is 4.76. The molecule has 0 aliphatic heterocycles. The zero-order valence-electron chi connectivity index (χ0n) is 10.5. The van der Waals surface area contributed by atoms with Crippen molar-refractivity contribution in [2.45, 2.75) is 51.3 Å². The van der Waals surface area contributed by atoms with Crippen LogP contribution in [-0.2, 0) is 10.0 Å². The van der Waals surface area contributed by atoms with Crippen molar-refractivity contribution in [1.29, 1.82) is 0 Å². The Morgan fingerprint density at radius 1 is 1.31 bits per heavy atom. The van der Waals surface area contributed by atoms with E-state index >= 15 is 0 Å². The van der Waals surface area contributed by atoms with Crippen molar-refractivity contribution in [3.63, 3.8) is 0 Å². The first kappa shape index (κ1) is 13.9. The standard InChI is InChI=1S/C11H24N2O2S/c1-4-12-8-9(2)16(14,15)13-10(3)11-6-5-7-11/h9-13H,4-8H2,1-3H3. The Morgan fingerprint density at radius 3 is 2.38 bits per heavy atom. The molecule has 0 spiro atoms. The van der Waals surface area contributed by atoms with E-state index in [4.69, 9.17) is 0 Å². The molecule has 16 heavy (non-hydrogen) atoms. The van der Waals surface area contributed by atoms with Gasteiger partial charge in [0.1, 0.15) is 0 Å². The summed E-state index contributed by atoms with van der Waals surface area (Å²) in [6, 6.07) is 0.0860. The van der Waals surface area contributed by atoms with Crippen LogP contribution in [0.15, 0.2) is 0 Å². The predicted octanol–water partition coefficient (Wildman–Crippen LogP) is 1.09. The van der Waals surface area contributed by atoms with Crippen LogP contribution >= 0.6 is 0 Å². The van der Waals surface area contributed by atoms with Crippen LogP contribution in [0, 0.1) is 5.92 Å². The van der Waals surface area contributed by atoms with Crippen molar-refractivity contribution >= 4 is 10.0 Å². The molecule has 1 saturated carbocycles. The normalized spacial score (nSPS) is 21.4. The molecule has 5 heteroatoms. The van der Waals surface area contributed by atoms with Crippen LogP contribution in [-0.4, -0.2) is 32.8 Å². The Hall–Kier alpha value is -0.130. The number of hydrogen-bond donors (Lipinski definition) is 2. The summed E-state index contributed by atoms with van der Waals surface area (Å²) in [6.07, 6.45) is 3.56. The minimum absolute atomic E-state index is 0.0860. The van der Waals surface area contributed by atoms with Gasteiger partial charge in [0, 0.05) is 12.6 Å². The summed E-state index contributed by atoms with van der Waals surface area (Å²) in [7, 11) is -3.17. The maximum absolute atomic E-state index is 11.9.